The molecule has 0 aliphatic heterocycles. The van der Waals surface area contributed by atoms with Crippen molar-refractivity contribution in [2.24, 2.45) is 0 Å². The number of carbonyl (C=O) groups excluding carboxylic acids is 2. The number of carbonyl (C=O) groups is 2. The molecule has 0 spiro atoms. The van der Waals surface area contributed by atoms with Gasteiger partial charge in [0.05, 0.1) is 35.8 Å². The Hall–Kier alpha value is -4.13. The van der Waals surface area contributed by atoms with Crippen LogP contribution in [0.5, 0.6) is 5.75 Å². The zero-order chi connectivity index (χ0) is 28.8. The molecule has 2 aromatic heterocycles. The summed E-state index contributed by atoms with van der Waals surface area (Å²) in [6.45, 7) is 7.47. The molecule has 1 atom stereocenters. The molecule has 9 heteroatoms. The number of amides is 1. The van der Waals surface area contributed by atoms with Crippen molar-refractivity contribution >= 4 is 40.0 Å². The second-order valence-electron chi connectivity index (χ2n) is 8.90. The first kappa shape index (κ1) is 28.9. The average Bonchev–Trinajstić information content (AvgIpc) is 3.25. The molecule has 4 rings (SSSR count). The highest BCUT2D eigenvalue weighted by atomic mass is 32.2. The molecule has 0 radical (unpaired) electrons. The zero-order valence-corrected chi connectivity index (χ0v) is 24.5. The Morgan fingerprint density at radius 1 is 1.10 bits per heavy atom. The van der Waals surface area contributed by atoms with Crippen LogP contribution in [0.15, 0.2) is 65.7 Å². The van der Waals surface area contributed by atoms with E-state index in [2.05, 4.69) is 11.4 Å². The Balaban J connectivity index is 1.71. The summed E-state index contributed by atoms with van der Waals surface area (Å²) in [5.41, 5.74) is 4.66. The number of pyridine rings is 1. The number of thioether (sulfide) groups is 1. The van der Waals surface area contributed by atoms with Crippen LogP contribution in [0.3, 0.4) is 0 Å². The lowest BCUT2D eigenvalue weighted by atomic mass is 9.99. The summed E-state index contributed by atoms with van der Waals surface area (Å²) in [6.07, 6.45) is 0. The fourth-order valence-electron chi connectivity index (χ4n) is 4.07. The number of methoxy groups -OCH3 is 1. The quantitative estimate of drug-likeness (QED) is 0.166. The van der Waals surface area contributed by atoms with Crippen LogP contribution in [0.1, 0.15) is 40.2 Å². The summed E-state index contributed by atoms with van der Waals surface area (Å²) in [4.78, 5) is 31.7. The van der Waals surface area contributed by atoms with Crippen molar-refractivity contribution in [3.05, 3.63) is 82.2 Å². The van der Waals surface area contributed by atoms with Gasteiger partial charge in [-0.05, 0) is 57.0 Å². The average molecular weight is 572 g/mol. The summed E-state index contributed by atoms with van der Waals surface area (Å²) in [7, 11) is 1.60. The van der Waals surface area contributed by atoms with Crippen molar-refractivity contribution in [3.8, 4) is 34.2 Å². The van der Waals surface area contributed by atoms with Crippen molar-refractivity contribution in [2.45, 2.75) is 38.0 Å². The molecule has 0 aliphatic rings. The lowest BCUT2D eigenvalue weighted by Crippen LogP contribution is -2.23. The van der Waals surface area contributed by atoms with Crippen LogP contribution in [0.25, 0.3) is 22.4 Å². The maximum atomic E-state index is 13.3. The molecule has 1 amide bonds. The van der Waals surface area contributed by atoms with Gasteiger partial charge in [0, 0.05) is 16.0 Å². The smallest absolute Gasteiger partial charge is 0.341 e. The number of ether oxygens (including phenoxy) is 2. The molecule has 4 aromatic rings. The number of hydrogen-bond acceptors (Lipinski definition) is 8. The molecular weight excluding hydrogens is 542 g/mol. The van der Waals surface area contributed by atoms with Crippen LogP contribution >= 0.6 is 23.1 Å². The highest BCUT2D eigenvalue weighted by molar-refractivity contribution is 8.00. The van der Waals surface area contributed by atoms with Crippen molar-refractivity contribution < 1.29 is 19.1 Å². The van der Waals surface area contributed by atoms with Crippen LogP contribution < -0.4 is 10.1 Å². The maximum Gasteiger partial charge on any atom is 0.341 e. The minimum atomic E-state index is -0.618. The number of nitrogens with one attached hydrogen (secondary N) is 1. The summed E-state index contributed by atoms with van der Waals surface area (Å²) in [5.74, 6) is -0.0626. The third kappa shape index (κ3) is 6.19. The predicted molar refractivity (Wildman–Crippen MR) is 160 cm³/mol. The van der Waals surface area contributed by atoms with Gasteiger partial charge in [-0.2, -0.15) is 5.26 Å². The Kier molecular flexibility index (Phi) is 9.25. The number of aromatic nitrogens is 1. The number of aryl methyl sites for hydroxylation is 1. The Morgan fingerprint density at radius 3 is 2.42 bits per heavy atom. The predicted octanol–water partition coefficient (Wildman–Crippen LogP) is 7.27. The van der Waals surface area contributed by atoms with E-state index in [4.69, 9.17) is 14.5 Å². The topological polar surface area (TPSA) is 101 Å². The fraction of sp³-hybridized carbons (Fsp3) is 0.226. The monoisotopic (exact) mass is 571 g/mol. The molecule has 0 bridgehead atoms. The molecule has 40 heavy (non-hydrogen) atoms. The third-order valence-electron chi connectivity index (χ3n) is 6.33. The molecule has 2 aromatic carbocycles. The van der Waals surface area contributed by atoms with Gasteiger partial charge in [-0.3, -0.25) is 4.79 Å². The number of thiophene rings is 1. The lowest BCUT2D eigenvalue weighted by molar-refractivity contribution is -0.115. The molecule has 1 N–H and O–H groups in total. The van der Waals surface area contributed by atoms with Gasteiger partial charge < -0.3 is 14.8 Å². The minimum absolute atomic E-state index is 0.240. The molecule has 0 unspecified atom stereocenters. The number of esters is 1. The summed E-state index contributed by atoms with van der Waals surface area (Å²) < 4.78 is 10.5. The SMILES string of the molecule is CCOC(=O)c1c(NC(=O)[C@@H](C)Sc2nc(-c3ccccc3)cc(-c3ccc(OC)cc3)c2C#N)sc(C)c1C. The molecule has 204 valence electrons. The van der Waals surface area contributed by atoms with Crippen LogP contribution in [-0.4, -0.2) is 35.8 Å². The third-order valence-corrected chi connectivity index (χ3v) is 8.54. The standard InChI is InChI=1S/C31H29N3O4S2/c1-6-38-31(36)27-18(2)19(3)39-30(27)34-28(35)20(4)40-29-25(17-32)24(21-12-14-23(37-5)15-13-21)16-26(33-29)22-10-8-7-9-11-22/h7-16,20H,6H2,1-5H3,(H,34,35)/t20-/m1/s1. The van der Waals surface area contributed by atoms with Crippen LogP contribution in [-0.2, 0) is 9.53 Å². The van der Waals surface area contributed by atoms with Crippen molar-refractivity contribution in [2.75, 3.05) is 19.0 Å². The van der Waals surface area contributed by atoms with Gasteiger partial charge in [-0.25, -0.2) is 9.78 Å². The fourth-order valence-corrected chi connectivity index (χ4v) is 6.05. The summed E-state index contributed by atoms with van der Waals surface area (Å²) in [6, 6.07) is 21.4. The van der Waals surface area contributed by atoms with E-state index < -0.39 is 11.2 Å². The number of rotatable bonds is 9. The number of nitriles is 1. The molecule has 2 heterocycles. The second-order valence-corrected chi connectivity index (χ2v) is 11.5. The molecule has 0 saturated heterocycles. The van der Waals surface area contributed by atoms with E-state index in [1.807, 2.05) is 74.5 Å². The number of anilines is 1. The highest BCUT2D eigenvalue weighted by Gasteiger charge is 2.26. The van der Waals surface area contributed by atoms with Crippen molar-refractivity contribution in [1.82, 2.24) is 4.98 Å². The first-order valence-electron chi connectivity index (χ1n) is 12.7. The van der Waals surface area contributed by atoms with Crippen LogP contribution in [0, 0.1) is 25.2 Å². The van der Waals surface area contributed by atoms with Gasteiger partial charge in [-0.1, -0.05) is 54.2 Å². The highest BCUT2D eigenvalue weighted by Crippen LogP contribution is 2.37. The van der Waals surface area contributed by atoms with Crippen molar-refractivity contribution in [1.29, 1.82) is 5.26 Å². The summed E-state index contributed by atoms with van der Waals surface area (Å²) in [5, 5.41) is 13.4. The van der Waals surface area contributed by atoms with E-state index in [0.717, 1.165) is 21.6 Å². The van der Waals surface area contributed by atoms with E-state index in [-0.39, 0.29) is 12.5 Å². The van der Waals surface area contributed by atoms with Gasteiger partial charge in [0.2, 0.25) is 5.91 Å². The molecule has 0 aliphatic carbocycles. The number of nitrogens with zero attached hydrogens (tertiary/aromatic N) is 2. The van der Waals surface area contributed by atoms with Crippen LogP contribution in [0.4, 0.5) is 5.00 Å². The maximum absolute atomic E-state index is 13.3. The normalized spacial score (nSPS) is 11.4. The first-order valence-corrected chi connectivity index (χ1v) is 14.4. The van der Waals surface area contributed by atoms with Gasteiger partial charge in [0.1, 0.15) is 21.8 Å². The minimum Gasteiger partial charge on any atom is -0.497 e. The molecule has 7 nitrogen and oxygen atoms in total. The largest absolute Gasteiger partial charge is 0.497 e. The Bertz CT molecular complexity index is 1580. The molecule has 0 fully saturated rings. The van der Waals surface area contributed by atoms with E-state index in [1.165, 1.54) is 23.1 Å². The molecular formula is C31H29N3O4S2. The van der Waals surface area contributed by atoms with E-state index in [1.54, 1.807) is 21.0 Å². The first-order chi connectivity index (χ1) is 19.3. The van der Waals surface area contributed by atoms with Gasteiger partial charge in [0.25, 0.3) is 0 Å². The van der Waals surface area contributed by atoms with Crippen LogP contribution in [0.2, 0.25) is 0 Å². The molecule has 0 saturated carbocycles. The lowest BCUT2D eigenvalue weighted by Gasteiger charge is -2.16. The number of benzene rings is 2. The van der Waals surface area contributed by atoms with Crippen molar-refractivity contribution in [3.63, 3.8) is 0 Å². The Labute approximate surface area is 242 Å². The zero-order valence-electron chi connectivity index (χ0n) is 22.9. The van der Waals surface area contributed by atoms with E-state index in [0.29, 0.717) is 38.2 Å². The number of hydrogen-bond donors (Lipinski definition) is 1. The Morgan fingerprint density at radius 2 is 1.80 bits per heavy atom. The van der Waals surface area contributed by atoms with E-state index in [9.17, 15) is 14.9 Å². The van der Waals surface area contributed by atoms with Gasteiger partial charge >= 0.3 is 5.97 Å². The van der Waals surface area contributed by atoms with E-state index >= 15 is 0 Å². The second kappa shape index (κ2) is 12.8. The van der Waals surface area contributed by atoms with Gasteiger partial charge in [-0.15, -0.1) is 11.3 Å². The van der Waals surface area contributed by atoms with Gasteiger partial charge in [0.15, 0.2) is 0 Å². The summed E-state index contributed by atoms with van der Waals surface area (Å²) >= 11 is 2.54.